The molecule has 1 atom stereocenters. The monoisotopic (exact) mass is 414 g/mol. The quantitative estimate of drug-likeness (QED) is 0.787. The van der Waals surface area contributed by atoms with E-state index in [-0.39, 0.29) is 10.7 Å². The first-order valence-corrected chi connectivity index (χ1v) is 10.4. The van der Waals surface area contributed by atoms with Gasteiger partial charge in [-0.2, -0.15) is 0 Å². The number of hydrogen-bond acceptors (Lipinski definition) is 3. The number of rotatable bonds is 5. The first-order valence-electron chi connectivity index (χ1n) is 7.83. The molecule has 0 aliphatic heterocycles. The van der Waals surface area contributed by atoms with Gasteiger partial charge in [0.15, 0.2) is 0 Å². The summed E-state index contributed by atoms with van der Waals surface area (Å²) in [4.78, 5) is 12.7. The highest BCUT2D eigenvalue weighted by atomic mass is 35.5. The molecule has 5 nitrogen and oxygen atoms in total. The van der Waals surface area contributed by atoms with E-state index >= 15 is 0 Å². The standard InChI is InChI=1S/C18H20Cl2N2O3S/c1-11-5-8-16(12(2)9-11)21-18(23)13(3)22(26(4,24)25)17-10-14(19)6-7-15(17)20/h5-10,13H,1-4H3,(H,21,23)/t13-/m1/s1. The Morgan fingerprint density at radius 2 is 1.77 bits per heavy atom. The second-order valence-electron chi connectivity index (χ2n) is 6.14. The summed E-state index contributed by atoms with van der Waals surface area (Å²) >= 11 is 12.1. The molecule has 0 spiro atoms. The van der Waals surface area contributed by atoms with E-state index in [9.17, 15) is 13.2 Å². The highest BCUT2D eigenvalue weighted by molar-refractivity contribution is 7.92. The normalized spacial score (nSPS) is 12.5. The van der Waals surface area contributed by atoms with Gasteiger partial charge in [-0.3, -0.25) is 9.10 Å². The van der Waals surface area contributed by atoms with Gasteiger partial charge in [0.05, 0.1) is 17.0 Å². The molecule has 0 bridgehead atoms. The summed E-state index contributed by atoms with van der Waals surface area (Å²) in [5.74, 6) is -0.474. The van der Waals surface area contributed by atoms with Crippen molar-refractivity contribution >= 4 is 50.5 Å². The first-order chi connectivity index (χ1) is 12.0. The minimum Gasteiger partial charge on any atom is -0.324 e. The minimum atomic E-state index is -3.78. The summed E-state index contributed by atoms with van der Waals surface area (Å²) in [6.07, 6.45) is 1.02. The van der Waals surface area contributed by atoms with Crippen LogP contribution in [0, 0.1) is 13.8 Å². The number of halogens is 2. The van der Waals surface area contributed by atoms with E-state index in [0.29, 0.717) is 10.7 Å². The molecular formula is C18H20Cl2N2O3S. The molecule has 0 aliphatic rings. The molecule has 0 saturated carbocycles. The second kappa shape index (κ2) is 7.86. The third-order valence-corrected chi connectivity index (χ3v) is 5.66. The predicted octanol–water partition coefficient (Wildman–Crippen LogP) is 4.40. The van der Waals surface area contributed by atoms with Crippen LogP contribution in [0.1, 0.15) is 18.1 Å². The number of amides is 1. The highest BCUT2D eigenvalue weighted by Gasteiger charge is 2.31. The molecule has 0 saturated heterocycles. The zero-order valence-electron chi connectivity index (χ0n) is 14.9. The van der Waals surface area contributed by atoms with Crippen molar-refractivity contribution in [3.8, 4) is 0 Å². The van der Waals surface area contributed by atoms with Gasteiger partial charge in [-0.1, -0.05) is 40.9 Å². The molecule has 0 fully saturated rings. The minimum absolute atomic E-state index is 0.157. The number of hydrogen-bond donors (Lipinski definition) is 1. The summed E-state index contributed by atoms with van der Waals surface area (Å²) in [7, 11) is -3.78. The molecule has 8 heteroatoms. The Labute approximate surface area is 164 Å². The maximum Gasteiger partial charge on any atom is 0.248 e. The van der Waals surface area contributed by atoms with Crippen LogP contribution in [0.3, 0.4) is 0 Å². The van der Waals surface area contributed by atoms with E-state index in [1.807, 2.05) is 26.0 Å². The van der Waals surface area contributed by atoms with Gasteiger partial charge in [0, 0.05) is 10.7 Å². The van der Waals surface area contributed by atoms with Crippen molar-refractivity contribution in [1.82, 2.24) is 0 Å². The zero-order chi connectivity index (χ0) is 19.6. The molecule has 1 N–H and O–H groups in total. The van der Waals surface area contributed by atoms with Crippen molar-refractivity contribution in [2.24, 2.45) is 0 Å². The van der Waals surface area contributed by atoms with Crippen LogP contribution in [-0.4, -0.2) is 26.6 Å². The number of carbonyl (C=O) groups is 1. The van der Waals surface area contributed by atoms with E-state index in [2.05, 4.69) is 5.32 Å². The fraction of sp³-hybridized carbons (Fsp3) is 0.278. The Morgan fingerprint density at radius 3 is 2.35 bits per heavy atom. The number of nitrogens with one attached hydrogen (secondary N) is 1. The fourth-order valence-corrected chi connectivity index (χ4v) is 4.23. The molecule has 26 heavy (non-hydrogen) atoms. The average molecular weight is 415 g/mol. The lowest BCUT2D eigenvalue weighted by Crippen LogP contribution is -2.45. The molecule has 2 aromatic carbocycles. The van der Waals surface area contributed by atoms with E-state index in [1.54, 1.807) is 12.1 Å². The molecule has 2 rings (SSSR count). The maximum absolute atomic E-state index is 12.7. The Hall–Kier alpha value is -1.76. The van der Waals surface area contributed by atoms with E-state index in [1.165, 1.54) is 19.1 Å². The van der Waals surface area contributed by atoms with Gasteiger partial charge in [-0.15, -0.1) is 0 Å². The van der Waals surface area contributed by atoms with Crippen LogP contribution < -0.4 is 9.62 Å². The maximum atomic E-state index is 12.7. The number of aryl methyl sites for hydroxylation is 2. The lowest BCUT2D eigenvalue weighted by Gasteiger charge is -2.29. The van der Waals surface area contributed by atoms with Gasteiger partial charge in [0.25, 0.3) is 0 Å². The van der Waals surface area contributed by atoms with Crippen molar-refractivity contribution in [3.05, 3.63) is 57.6 Å². The summed E-state index contributed by atoms with van der Waals surface area (Å²) in [5.41, 5.74) is 2.73. The van der Waals surface area contributed by atoms with Crippen molar-refractivity contribution in [3.63, 3.8) is 0 Å². The predicted molar refractivity (Wildman–Crippen MR) is 108 cm³/mol. The van der Waals surface area contributed by atoms with Gasteiger partial charge in [-0.05, 0) is 50.6 Å². The Balaban J connectivity index is 2.39. The summed E-state index contributed by atoms with van der Waals surface area (Å²) < 4.78 is 25.7. The molecule has 0 heterocycles. The van der Waals surface area contributed by atoms with E-state index in [0.717, 1.165) is 21.7 Å². The lowest BCUT2D eigenvalue weighted by atomic mass is 10.1. The smallest absolute Gasteiger partial charge is 0.248 e. The average Bonchev–Trinajstić information content (AvgIpc) is 2.52. The van der Waals surface area contributed by atoms with Crippen LogP contribution in [0.5, 0.6) is 0 Å². The van der Waals surface area contributed by atoms with Crippen molar-refractivity contribution in [2.45, 2.75) is 26.8 Å². The third-order valence-electron chi connectivity index (χ3n) is 3.87. The van der Waals surface area contributed by atoms with Crippen molar-refractivity contribution < 1.29 is 13.2 Å². The number of benzene rings is 2. The molecule has 1 amide bonds. The molecule has 140 valence electrons. The number of carbonyl (C=O) groups excluding carboxylic acids is 1. The largest absolute Gasteiger partial charge is 0.324 e. The van der Waals surface area contributed by atoms with E-state index in [4.69, 9.17) is 23.2 Å². The SMILES string of the molecule is Cc1ccc(NC(=O)[C@@H](C)N(c2cc(Cl)ccc2Cl)S(C)(=O)=O)c(C)c1. The number of nitrogens with zero attached hydrogens (tertiary/aromatic N) is 1. The lowest BCUT2D eigenvalue weighted by molar-refractivity contribution is -0.116. The topological polar surface area (TPSA) is 66.5 Å². The zero-order valence-corrected chi connectivity index (χ0v) is 17.2. The molecule has 0 aromatic heterocycles. The van der Waals surface area contributed by atoms with E-state index < -0.39 is 22.0 Å². The molecular weight excluding hydrogens is 395 g/mol. The van der Waals surface area contributed by atoms with Gasteiger partial charge in [0.2, 0.25) is 15.9 Å². The highest BCUT2D eigenvalue weighted by Crippen LogP contribution is 2.32. The van der Waals surface area contributed by atoms with Crippen LogP contribution in [-0.2, 0) is 14.8 Å². The van der Waals surface area contributed by atoms with Crippen LogP contribution in [0.4, 0.5) is 11.4 Å². The fourth-order valence-electron chi connectivity index (χ4n) is 2.63. The molecule has 0 aliphatic carbocycles. The molecule has 0 radical (unpaired) electrons. The third kappa shape index (κ3) is 4.69. The molecule has 2 aromatic rings. The Morgan fingerprint density at radius 1 is 1.12 bits per heavy atom. The summed E-state index contributed by atoms with van der Waals surface area (Å²) in [6.45, 7) is 5.32. The molecule has 0 unspecified atom stereocenters. The van der Waals surface area contributed by atoms with Crippen LogP contribution in [0.2, 0.25) is 10.0 Å². The van der Waals surface area contributed by atoms with Gasteiger partial charge in [-0.25, -0.2) is 8.42 Å². The van der Waals surface area contributed by atoms with Crippen LogP contribution in [0.15, 0.2) is 36.4 Å². The van der Waals surface area contributed by atoms with Gasteiger partial charge >= 0.3 is 0 Å². The second-order valence-corrected chi connectivity index (χ2v) is 8.84. The Bertz CT molecular complexity index is 945. The van der Waals surface area contributed by atoms with Crippen molar-refractivity contribution in [1.29, 1.82) is 0 Å². The Kier molecular flexibility index (Phi) is 6.21. The van der Waals surface area contributed by atoms with Gasteiger partial charge in [0.1, 0.15) is 6.04 Å². The number of anilines is 2. The summed E-state index contributed by atoms with van der Waals surface area (Å²) in [5, 5.41) is 3.28. The van der Waals surface area contributed by atoms with Crippen LogP contribution >= 0.6 is 23.2 Å². The first kappa shape index (κ1) is 20.6. The van der Waals surface area contributed by atoms with Gasteiger partial charge < -0.3 is 5.32 Å². The number of sulfonamides is 1. The summed E-state index contributed by atoms with van der Waals surface area (Å²) in [6, 6.07) is 9.03. The van der Waals surface area contributed by atoms with Crippen molar-refractivity contribution in [2.75, 3.05) is 15.9 Å². The van der Waals surface area contributed by atoms with Crippen LogP contribution in [0.25, 0.3) is 0 Å².